The Balaban J connectivity index is 2.44. The maximum absolute atomic E-state index is 12.1. The lowest BCUT2D eigenvalue weighted by Gasteiger charge is -2.09. The van der Waals surface area contributed by atoms with Crippen molar-refractivity contribution < 1.29 is 4.92 Å². The van der Waals surface area contributed by atoms with Crippen LogP contribution in [0.2, 0.25) is 0 Å². The third kappa shape index (κ3) is 2.69. The highest BCUT2D eigenvalue weighted by Gasteiger charge is 2.12. The summed E-state index contributed by atoms with van der Waals surface area (Å²) in [5, 5.41) is 13.2. The van der Waals surface area contributed by atoms with Gasteiger partial charge < -0.3 is 5.73 Å². The van der Waals surface area contributed by atoms with Crippen LogP contribution in [0.3, 0.4) is 0 Å². The number of hydrogen-bond donors (Lipinski definition) is 2. The Bertz CT molecular complexity index is 835. The summed E-state index contributed by atoms with van der Waals surface area (Å²) in [5.41, 5.74) is 6.08. The molecule has 21 heavy (non-hydrogen) atoms. The molecule has 0 radical (unpaired) electrons. The van der Waals surface area contributed by atoms with E-state index in [-0.39, 0.29) is 29.0 Å². The number of aromatic amines is 1. The average Bonchev–Trinajstić information content (AvgIpc) is 2.42. The van der Waals surface area contributed by atoms with E-state index in [1.807, 2.05) is 0 Å². The molecule has 1 heterocycles. The minimum absolute atomic E-state index is 0.0109. The Morgan fingerprint density at radius 2 is 1.95 bits per heavy atom. The highest BCUT2D eigenvalue weighted by atomic mass is 16.6. The van der Waals surface area contributed by atoms with Gasteiger partial charge in [0.1, 0.15) is 5.69 Å². The number of nitro groups is 1. The number of nitrogens with two attached hydrogens (primary N) is 1. The number of nitrogens with one attached hydrogen (secondary N) is 1. The van der Waals surface area contributed by atoms with Crippen molar-refractivity contribution in [2.45, 2.75) is 20.4 Å². The molecular weight excluding hydrogens is 276 g/mol. The molecule has 0 saturated carbocycles. The van der Waals surface area contributed by atoms with E-state index in [0.29, 0.717) is 16.7 Å². The number of rotatable bonds is 3. The first-order valence-corrected chi connectivity index (χ1v) is 6.14. The summed E-state index contributed by atoms with van der Waals surface area (Å²) in [6, 6.07) is 4.18. The zero-order valence-corrected chi connectivity index (χ0v) is 11.5. The van der Waals surface area contributed by atoms with Crippen LogP contribution in [-0.2, 0) is 6.54 Å². The second-order valence-electron chi connectivity index (χ2n) is 4.73. The molecule has 3 N–H and O–H groups in total. The number of H-pyrrole nitrogens is 1. The van der Waals surface area contributed by atoms with E-state index >= 15 is 0 Å². The van der Waals surface area contributed by atoms with Crippen molar-refractivity contribution in [1.82, 2.24) is 9.78 Å². The van der Waals surface area contributed by atoms with E-state index in [4.69, 9.17) is 5.73 Å². The Morgan fingerprint density at radius 1 is 1.29 bits per heavy atom. The van der Waals surface area contributed by atoms with Crippen LogP contribution in [0.1, 0.15) is 16.7 Å². The fraction of sp³-hybridized carbons (Fsp3) is 0.231. The van der Waals surface area contributed by atoms with Crippen LogP contribution >= 0.6 is 0 Å². The lowest BCUT2D eigenvalue weighted by Crippen LogP contribution is -2.33. The van der Waals surface area contributed by atoms with Gasteiger partial charge in [-0.1, -0.05) is 6.07 Å². The minimum Gasteiger partial charge on any atom is -0.393 e. The van der Waals surface area contributed by atoms with Crippen LogP contribution in [0.5, 0.6) is 0 Å². The van der Waals surface area contributed by atoms with E-state index in [1.54, 1.807) is 13.8 Å². The number of anilines is 1. The first-order valence-electron chi connectivity index (χ1n) is 6.14. The normalized spacial score (nSPS) is 10.6. The average molecular weight is 290 g/mol. The van der Waals surface area contributed by atoms with Crippen LogP contribution in [0.4, 0.5) is 11.4 Å². The molecule has 0 amide bonds. The minimum atomic E-state index is -0.580. The molecule has 8 nitrogen and oxygen atoms in total. The molecule has 0 spiro atoms. The molecule has 0 aliphatic rings. The molecular formula is C13H14N4O4. The summed E-state index contributed by atoms with van der Waals surface area (Å²) in [5.74, 6) is 0. The van der Waals surface area contributed by atoms with Crippen LogP contribution in [0.15, 0.2) is 27.8 Å². The molecule has 0 aliphatic heterocycles. The van der Waals surface area contributed by atoms with E-state index in [2.05, 4.69) is 5.10 Å². The Hall–Kier alpha value is -2.90. The van der Waals surface area contributed by atoms with E-state index in [9.17, 15) is 19.7 Å². The first-order chi connectivity index (χ1) is 9.81. The molecule has 0 atom stereocenters. The molecule has 0 unspecified atom stereocenters. The third-order valence-electron chi connectivity index (χ3n) is 3.33. The van der Waals surface area contributed by atoms with E-state index in [1.165, 1.54) is 18.2 Å². The molecule has 0 aliphatic carbocycles. The van der Waals surface area contributed by atoms with Crippen molar-refractivity contribution in [3.8, 4) is 0 Å². The Kier molecular flexibility index (Phi) is 3.62. The van der Waals surface area contributed by atoms with Crippen LogP contribution in [-0.4, -0.2) is 14.7 Å². The zero-order valence-electron chi connectivity index (χ0n) is 11.5. The van der Waals surface area contributed by atoms with Crippen LogP contribution in [0, 0.1) is 24.0 Å². The number of hydrogen-bond acceptors (Lipinski definition) is 5. The Morgan fingerprint density at radius 3 is 2.52 bits per heavy atom. The summed E-state index contributed by atoms with van der Waals surface area (Å²) in [4.78, 5) is 33.9. The smallest absolute Gasteiger partial charge is 0.292 e. The number of benzene rings is 1. The molecule has 1 aromatic heterocycles. The van der Waals surface area contributed by atoms with Crippen molar-refractivity contribution in [3.63, 3.8) is 0 Å². The summed E-state index contributed by atoms with van der Waals surface area (Å²) in [6.45, 7) is 3.23. The second kappa shape index (κ2) is 5.23. The molecule has 110 valence electrons. The van der Waals surface area contributed by atoms with Gasteiger partial charge in [0.05, 0.1) is 11.5 Å². The fourth-order valence-corrected chi connectivity index (χ4v) is 1.95. The summed E-state index contributed by atoms with van der Waals surface area (Å²) in [7, 11) is 0. The largest absolute Gasteiger partial charge is 0.393 e. The van der Waals surface area contributed by atoms with Crippen LogP contribution in [0.25, 0.3) is 0 Å². The maximum atomic E-state index is 12.1. The van der Waals surface area contributed by atoms with Crippen molar-refractivity contribution in [3.05, 3.63) is 65.7 Å². The standard InChI is InChI=1S/C13H14N4O4/c1-7-8(2)13(19)16(15-12(7)18)6-9-3-4-11(17(20)21)10(14)5-9/h3-5H,6,14H2,1-2H3,(H,15,18). The van der Waals surface area contributed by atoms with Crippen molar-refractivity contribution in [2.24, 2.45) is 0 Å². The van der Waals surface area contributed by atoms with Crippen molar-refractivity contribution in [2.75, 3.05) is 5.73 Å². The molecule has 1 aromatic carbocycles. The molecule has 0 saturated heterocycles. The van der Waals surface area contributed by atoms with Crippen molar-refractivity contribution >= 4 is 11.4 Å². The maximum Gasteiger partial charge on any atom is 0.292 e. The van der Waals surface area contributed by atoms with Gasteiger partial charge >= 0.3 is 0 Å². The SMILES string of the molecule is Cc1c(C)c(=O)n(Cc2ccc([N+](=O)[O-])c(N)c2)[nH]c1=O. The van der Waals surface area contributed by atoms with Gasteiger partial charge in [-0.05, 0) is 25.5 Å². The third-order valence-corrected chi connectivity index (χ3v) is 3.33. The van der Waals surface area contributed by atoms with E-state index in [0.717, 1.165) is 4.68 Å². The van der Waals surface area contributed by atoms with E-state index < -0.39 is 4.92 Å². The zero-order chi connectivity index (χ0) is 15.7. The summed E-state index contributed by atoms with van der Waals surface area (Å²) in [6.07, 6.45) is 0. The summed E-state index contributed by atoms with van der Waals surface area (Å²) >= 11 is 0. The van der Waals surface area contributed by atoms with Crippen LogP contribution < -0.4 is 16.9 Å². The highest BCUT2D eigenvalue weighted by Crippen LogP contribution is 2.22. The lowest BCUT2D eigenvalue weighted by atomic mass is 10.1. The van der Waals surface area contributed by atoms with Gasteiger partial charge in [0.2, 0.25) is 0 Å². The molecule has 0 fully saturated rings. The van der Waals surface area contributed by atoms with Gasteiger partial charge in [0.25, 0.3) is 16.8 Å². The van der Waals surface area contributed by atoms with Crippen molar-refractivity contribution in [1.29, 1.82) is 0 Å². The number of nitrogen functional groups attached to an aromatic ring is 1. The predicted octanol–water partition coefficient (Wildman–Crippen LogP) is 0.692. The Labute approximate surface area is 119 Å². The highest BCUT2D eigenvalue weighted by molar-refractivity contribution is 5.59. The number of nitrogens with zero attached hydrogens (tertiary/aromatic N) is 2. The second-order valence-corrected chi connectivity index (χ2v) is 4.73. The first kappa shape index (κ1) is 14.5. The van der Waals surface area contributed by atoms with Gasteiger partial charge in [-0.3, -0.25) is 24.8 Å². The van der Waals surface area contributed by atoms with Gasteiger partial charge in [0, 0.05) is 17.2 Å². The molecule has 8 heteroatoms. The topological polar surface area (TPSA) is 124 Å². The fourth-order valence-electron chi connectivity index (χ4n) is 1.95. The molecule has 2 rings (SSSR count). The molecule has 0 bridgehead atoms. The summed E-state index contributed by atoms with van der Waals surface area (Å²) < 4.78 is 1.16. The predicted molar refractivity (Wildman–Crippen MR) is 77.4 cm³/mol. The number of nitro benzene ring substituents is 1. The van der Waals surface area contributed by atoms with Gasteiger partial charge in [-0.15, -0.1) is 0 Å². The molecule has 2 aromatic rings. The van der Waals surface area contributed by atoms with Gasteiger partial charge in [-0.2, -0.15) is 0 Å². The monoisotopic (exact) mass is 290 g/mol. The quantitative estimate of drug-likeness (QED) is 0.489. The lowest BCUT2D eigenvalue weighted by molar-refractivity contribution is -0.383. The number of aromatic nitrogens is 2. The van der Waals surface area contributed by atoms with Gasteiger partial charge in [-0.25, -0.2) is 4.68 Å². The van der Waals surface area contributed by atoms with Gasteiger partial charge in [0.15, 0.2) is 0 Å².